The third kappa shape index (κ3) is 5.44. The number of benzene rings is 1. The number of piperidine rings is 1. The van der Waals surface area contributed by atoms with Crippen LogP contribution in [-0.4, -0.2) is 111 Å². The van der Waals surface area contributed by atoms with Crippen molar-refractivity contribution in [3.05, 3.63) is 35.5 Å². The zero-order valence-electron chi connectivity index (χ0n) is 28.6. The number of nitrogens with one attached hydrogen (secondary N) is 2. The average molecular weight is 688 g/mol. The second-order valence-corrected chi connectivity index (χ2v) is 16.3. The van der Waals surface area contributed by atoms with Crippen LogP contribution in [0.3, 0.4) is 0 Å². The number of likely N-dealkylation sites (N-methyl/N-ethyl adjacent to an activating group) is 1. The molecule has 4 aliphatic heterocycles. The number of aliphatic hydroxyl groups is 1. The smallest absolute Gasteiger partial charge is 0.281 e. The molecule has 5 heterocycles. The molecule has 0 spiro atoms. The van der Waals surface area contributed by atoms with E-state index >= 15 is 0 Å². The lowest BCUT2D eigenvalue weighted by Gasteiger charge is -2.50. The quantitative estimate of drug-likeness (QED) is 0.333. The fourth-order valence-corrected chi connectivity index (χ4v) is 8.64. The molecule has 5 aliphatic rings. The highest BCUT2D eigenvalue weighted by Crippen LogP contribution is 2.49. The first-order valence-corrected chi connectivity index (χ1v) is 18.8. The molecule has 3 amide bonds. The van der Waals surface area contributed by atoms with E-state index < -0.39 is 45.7 Å². The molecule has 0 saturated carbocycles. The van der Waals surface area contributed by atoms with Crippen molar-refractivity contribution in [3.8, 4) is 0 Å². The van der Waals surface area contributed by atoms with Crippen LogP contribution in [0.25, 0.3) is 10.9 Å². The Balaban J connectivity index is 0.000000615. The van der Waals surface area contributed by atoms with Gasteiger partial charge >= 0.3 is 0 Å². The Morgan fingerprint density at radius 2 is 1.92 bits per heavy atom. The molecule has 1 aromatic carbocycles. The fourth-order valence-electron chi connectivity index (χ4n) is 8.64. The number of hydrogen-bond acceptors (Lipinski definition) is 8. The molecular weight excluding hydrogens is 638 g/mol. The second-order valence-electron chi connectivity index (χ2n) is 14.5. The summed E-state index contributed by atoms with van der Waals surface area (Å²) in [5, 5.41) is 16.5. The van der Waals surface area contributed by atoms with E-state index in [-0.39, 0.29) is 41.4 Å². The summed E-state index contributed by atoms with van der Waals surface area (Å²) in [5.41, 5.74) is 1.93. The number of carbonyl (C=O) groups excluding carboxylic acids is 3. The van der Waals surface area contributed by atoms with E-state index in [0.717, 1.165) is 18.4 Å². The lowest BCUT2D eigenvalue weighted by Crippen LogP contribution is -2.72. The molecule has 13 nitrogen and oxygen atoms in total. The monoisotopic (exact) mass is 687 g/mol. The van der Waals surface area contributed by atoms with Crippen LogP contribution in [0.2, 0.25) is 0 Å². The van der Waals surface area contributed by atoms with Crippen molar-refractivity contribution in [2.45, 2.75) is 102 Å². The van der Waals surface area contributed by atoms with Crippen molar-refractivity contribution in [1.29, 1.82) is 0 Å². The molecule has 2 aromatic rings. The van der Waals surface area contributed by atoms with Crippen LogP contribution in [-0.2, 0) is 35.7 Å². The summed E-state index contributed by atoms with van der Waals surface area (Å²) in [6.45, 7) is 10.0. The van der Waals surface area contributed by atoms with Crippen LogP contribution in [0, 0.1) is 17.8 Å². The van der Waals surface area contributed by atoms with Crippen molar-refractivity contribution in [2.24, 2.45) is 17.8 Å². The van der Waals surface area contributed by atoms with E-state index in [1.165, 1.54) is 28.3 Å². The number of aromatic amines is 1. The Labute approximate surface area is 282 Å². The van der Waals surface area contributed by atoms with Crippen molar-refractivity contribution in [3.63, 3.8) is 0 Å². The molecule has 8 atom stereocenters. The third-order valence-electron chi connectivity index (χ3n) is 11.5. The average Bonchev–Trinajstić information content (AvgIpc) is 3.76. The largest absolute Gasteiger partial charge is 0.361 e. The lowest BCUT2D eigenvalue weighted by atomic mass is 9.72. The van der Waals surface area contributed by atoms with Gasteiger partial charge in [0.1, 0.15) is 12.1 Å². The van der Waals surface area contributed by atoms with E-state index in [1.807, 2.05) is 27.7 Å². The van der Waals surface area contributed by atoms with Crippen LogP contribution in [0.4, 0.5) is 0 Å². The Morgan fingerprint density at radius 3 is 2.56 bits per heavy atom. The number of likely N-dealkylation sites (tertiary alicyclic amines) is 1. The predicted octanol–water partition coefficient (Wildman–Crippen LogP) is 2.41. The van der Waals surface area contributed by atoms with Gasteiger partial charge in [0, 0.05) is 48.1 Å². The van der Waals surface area contributed by atoms with Crippen molar-refractivity contribution in [2.75, 3.05) is 25.9 Å². The molecule has 48 heavy (non-hydrogen) atoms. The summed E-state index contributed by atoms with van der Waals surface area (Å²) >= 11 is 0. The first kappa shape index (κ1) is 34.8. The Kier molecular flexibility index (Phi) is 8.98. The Hall–Kier alpha value is -3.04. The molecule has 14 heteroatoms. The molecule has 4 saturated heterocycles. The highest BCUT2D eigenvalue weighted by molar-refractivity contribution is 7.85. The summed E-state index contributed by atoms with van der Waals surface area (Å²) in [6.07, 6.45) is 5.60. The van der Waals surface area contributed by atoms with E-state index in [4.69, 9.17) is 9.29 Å². The van der Waals surface area contributed by atoms with Gasteiger partial charge in [-0.2, -0.15) is 8.42 Å². The Morgan fingerprint density at radius 1 is 1.21 bits per heavy atom. The number of fused-ring (bicyclic) bond motifs is 5. The number of rotatable bonds is 6. The number of ether oxygens (including phenoxy) is 1. The summed E-state index contributed by atoms with van der Waals surface area (Å²) in [7, 11) is -1.59. The van der Waals surface area contributed by atoms with Gasteiger partial charge in [-0.25, -0.2) is 0 Å². The number of amides is 3. The first-order valence-electron chi connectivity index (χ1n) is 17.2. The molecule has 0 radical (unpaired) electrons. The number of nitrogens with zero attached hydrogens (tertiary/aromatic N) is 3. The van der Waals surface area contributed by atoms with E-state index in [2.05, 4.69) is 46.6 Å². The summed E-state index contributed by atoms with van der Waals surface area (Å²) in [6, 6.07) is 5.12. The van der Waals surface area contributed by atoms with Gasteiger partial charge in [0.15, 0.2) is 0 Å². The van der Waals surface area contributed by atoms with Crippen LogP contribution < -0.4 is 5.32 Å². The van der Waals surface area contributed by atoms with Gasteiger partial charge in [-0.3, -0.25) is 28.6 Å². The van der Waals surface area contributed by atoms with Gasteiger partial charge in [0.05, 0.1) is 11.7 Å². The second kappa shape index (κ2) is 12.4. The van der Waals surface area contributed by atoms with Gasteiger partial charge in [-0.15, -0.1) is 0 Å². The van der Waals surface area contributed by atoms with Gasteiger partial charge in [0.2, 0.25) is 17.5 Å². The SMILES string of the molecule is CCS(=O)(=O)O.CC[C@H](C)[C@H]1C(=O)N2CCC[C@H]2[C@]2(O)O[C@](NC(=O)[C@@H]3C[C@@H]4c5cccc6[nH]cc(c56)C[C@H]4N(C)C3)(C(C)C)C(=O)N12. The maximum atomic E-state index is 14.5. The molecule has 7 rings (SSSR count). The zero-order valence-corrected chi connectivity index (χ0v) is 29.4. The molecule has 1 aromatic heterocycles. The van der Waals surface area contributed by atoms with Crippen LogP contribution in [0.1, 0.15) is 77.3 Å². The van der Waals surface area contributed by atoms with Gasteiger partial charge < -0.3 is 25.2 Å². The maximum absolute atomic E-state index is 14.5. The molecule has 0 bridgehead atoms. The number of aromatic nitrogens is 1. The normalized spacial score (nSPS) is 33.6. The van der Waals surface area contributed by atoms with Gasteiger partial charge in [0.25, 0.3) is 21.9 Å². The third-order valence-corrected chi connectivity index (χ3v) is 12.2. The van der Waals surface area contributed by atoms with E-state index in [9.17, 15) is 27.9 Å². The molecule has 264 valence electrons. The topological polar surface area (TPSA) is 173 Å². The molecule has 4 fully saturated rings. The van der Waals surface area contributed by atoms with Crippen molar-refractivity contribution >= 4 is 38.7 Å². The van der Waals surface area contributed by atoms with Gasteiger partial charge in [-0.1, -0.05) is 46.2 Å². The minimum atomic E-state index is -3.66. The molecule has 4 N–H and O–H groups in total. The highest BCUT2D eigenvalue weighted by atomic mass is 32.2. The Bertz CT molecular complexity index is 1710. The summed E-state index contributed by atoms with van der Waals surface area (Å²) in [4.78, 5) is 51.0. The summed E-state index contributed by atoms with van der Waals surface area (Å²) < 4.78 is 33.4. The predicted molar refractivity (Wildman–Crippen MR) is 178 cm³/mol. The fraction of sp³-hybridized carbons (Fsp3) is 0.676. The highest BCUT2D eigenvalue weighted by Gasteiger charge is 2.72. The van der Waals surface area contributed by atoms with Crippen LogP contribution in [0.15, 0.2) is 24.4 Å². The zero-order chi connectivity index (χ0) is 34.9. The number of hydrogen-bond donors (Lipinski definition) is 4. The van der Waals surface area contributed by atoms with E-state index in [0.29, 0.717) is 32.4 Å². The standard InChI is InChI=1S/C32H43N5O5.C2H6O3S/c1-6-18(4)27-29(39)36-12-8-11-25(36)32(41)37(27)30(40)31(42-32,17(2)3)34-28(38)20-13-22-21-9-7-10-23-26(21)19(15-33-23)14-24(22)35(5)16-20;1-2-6(3,4)5/h7,9-10,15,17-18,20,22,24-25,27,33,41H,6,8,11-14,16H2,1-5H3,(H,34,38);2H2,1H3,(H,3,4,5)/t18-,20+,22+,24+,25-,27-,31+,32-;/m0./s1. The number of carbonyl (C=O) groups is 3. The minimum Gasteiger partial charge on any atom is -0.361 e. The van der Waals surface area contributed by atoms with Crippen LogP contribution in [0.5, 0.6) is 0 Å². The van der Waals surface area contributed by atoms with Gasteiger partial charge in [-0.05, 0) is 62.8 Å². The minimum absolute atomic E-state index is 0.144. The summed E-state index contributed by atoms with van der Waals surface area (Å²) in [5.74, 6) is -3.99. The molecule has 1 aliphatic carbocycles. The van der Waals surface area contributed by atoms with Crippen LogP contribution >= 0.6 is 0 Å². The lowest BCUT2D eigenvalue weighted by molar-refractivity contribution is -0.324. The molecule has 0 unspecified atom stereocenters. The molecular formula is C34H49N5O8S. The number of H-pyrrole nitrogens is 1. The van der Waals surface area contributed by atoms with E-state index in [1.54, 1.807) is 4.90 Å². The number of piperazine rings is 1. The maximum Gasteiger partial charge on any atom is 0.281 e. The van der Waals surface area contributed by atoms with Crippen molar-refractivity contribution in [1.82, 2.24) is 25.0 Å². The first-order chi connectivity index (χ1) is 22.6. The van der Waals surface area contributed by atoms with Crippen molar-refractivity contribution < 1.29 is 37.2 Å².